The summed E-state index contributed by atoms with van der Waals surface area (Å²) in [7, 11) is 0. The number of nitrogens with zero attached hydrogens (tertiary/aromatic N) is 3. The summed E-state index contributed by atoms with van der Waals surface area (Å²) in [6, 6.07) is 20.2. The number of hydrogen-bond donors (Lipinski definition) is 2. The molecule has 24 heavy (non-hydrogen) atoms. The highest BCUT2D eigenvalue weighted by molar-refractivity contribution is 9.10. The molecular formula is C18H16BrN5. The molecule has 0 bridgehead atoms. The number of aliphatic imine (C=N–C) groups is 1. The van der Waals surface area contributed by atoms with Crippen LogP contribution in [-0.4, -0.2) is 28.8 Å². The highest BCUT2D eigenvalue weighted by Crippen LogP contribution is 2.35. The molecule has 0 unspecified atom stereocenters. The van der Waals surface area contributed by atoms with E-state index in [1.807, 2.05) is 53.2 Å². The summed E-state index contributed by atoms with van der Waals surface area (Å²) < 4.78 is 2.81. The van der Waals surface area contributed by atoms with Crippen molar-refractivity contribution in [3.05, 3.63) is 65.1 Å². The van der Waals surface area contributed by atoms with Gasteiger partial charge in [0.15, 0.2) is 11.8 Å². The molecule has 0 atom stereocenters. The average molecular weight is 382 g/mol. The molecule has 1 aliphatic rings. The van der Waals surface area contributed by atoms with Gasteiger partial charge in [-0.25, -0.2) is 4.68 Å². The lowest BCUT2D eigenvalue weighted by Crippen LogP contribution is -2.27. The Morgan fingerprint density at radius 2 is 1.71 bits per heavy atom. The fourth-order valence-electron chi connectivity index (χ4n) is 2.64. The summed E-state index contributed by atoms with van der Waals surface area (Å²) in [4.78, 5) is 4.42. The van der Waals surface area contributed by atoms with E-state index in [0.29, 0.717) is 0 Å². The minimum atomic E-state index is 0.771. The van der Waals surface area contributed by atoms with Crippen molar-refractivity contribution in [3.63, 3.8) is 0 Å². The molecule has 0 radical (unpaired) electrons. The van der Waals surface area contributed by atoms with Gasteiger partial charge in [0.1, 0.15) is 5.69 Å². The van der Waals surface area contributed by atoms with Crippen LogP contribution in [0, 0.1) is 0 Å². The highest BCUT2D eigenvalue weighted by Gasteiger charge is 2.20. The van der Waals surface area contributed by atoms with E-state index in [0.717, 1.165) is 46.3 Å². The number of hydrogen-bond acceptors (Lipinski definition) is 4. The standard InChI is InChI=1S/C18H16BrN5/c19-15-16(13-7-3-1-4-8-13)23-24(14-9-5-2-6-10-14)17(15)22-18-20-11-12-21-18/h1-10H,11-12H2,(H2,20,21,22). The molecule has 0 spiro atoms. The molecule has 2 N–H and O–H groups in total. The van der Waals surface area contributed by atoms with Crippen LogP contribution in [0.15, 0.2) is 70.1 Å². The summed E-state index contributed by atoms with van der Waals surface area (Å²) in [6.07, 6.45) is 0. The largest absolute Gasteiger partial charge is 0.354 e. The second kappa shape index (κ2) is 6.49. The first-order chi connectivity index (χ1) is 11.8. The molecule has 0 amide bonds. The molecule has 5 nitrogen and oxygen atoms in total. The predicted octanol–water partition coefficient (Wildman–Crippen LogP) is 3.67. The third-order valence-electron chi connectivity index (χ3n) is 3.79. The summed E-state index contributed by atoms with van der Waals surface area (Å²) in [5, 5.41) is 11.4. The predicted molar refractivity (Wildman–Crippen MR) is 101 cm³/mol. The molecule has 6 heteroatoms. The van der Waals surface area contributed by atoms with Crippen LogP contribution in [-0.2, 0) is 0 Å². The van der Waals surface area contributed by atoms with Crippen LogP contribution in [0.1, 0.15) is 0 Å². The Balaban J connectivity index is 1.84. The minimum Gasteiger partial charge on any atom is -0.354 e. The third-order valence-corrected chi connectivity index (χ3v) is 4.54. The van der Waals surface area contributed by atoms with E-state index in [2.05, 4.69) is 43.7 Å². The lowest BCUT2D eigenvalue weighted by atomic mass is 10.1. The molecule has 1 aliphatic heterocycles. The molecule has 2 heterocycles. The van der Waals surface area contributed by atoms with Crippen molar-refractivity contribution in [2.75, 3.05) is 18.4 Å². The maximum absolute atomic E-state index is 4.82. The van der Waals surface area contributed by atoms with Gasteiger partial charge in [-0.15, -0.1) is 0 Å². The molecule has 120 valence electrons. The van der Waals surface area contributed by atoms with Crippen molar-refractivity contribution < 1.29 is 0 Å². The van der Waals surface area contributed by atoms with Crippen LogP contribution in [0.4, 0.5) is 5.82 Å². The average Bonchev–Trinajstić information content (AvgIpc) is 3.26. The van der Waals surface area contributed by atoms with Crippen molar-refractivity contribution in [2.24, 2.45) is 4.99 Å². The van der Waals surface area contributed by atoms with Crippen LogP contribution in [0.3, 0.4) is 0 Å². The van der Waals surface area contributed by atoms with Crippen LogP contribution in [0.5, 0.6) is 0 Å². The molecule has 3 aromatic rings. The maximum Gasteiger partial charge on any atom is 0.197 e. The van der Waals surface area contributed by atoms with E-state index in [1.54, 1.807) is 0 Å². The Kier molecular flexibility index (Phi) is 4.04. The molecule has 2 aromatic carbocycles. The van der Waals surface area contributed by atoms with Crippen molar-refractivity contribution in [2.45, 2.75) is 0 Å². The Hall–Kier alpha value is -2.60. The van der Waals surface area contributed by atoms with E-state index in [4.69, 9.17) is 5.10 Å². The lowest BCUT2D eigenvalue weighted by molar-refractivity contribution is 0.891. The lowest BCUT2D eigenvalue weighted by Gasteiger charge is -2.10. The first kappa shape index (κ1) is 15.0. The van der Waals surface area contributed by atoms with Crippen LogP contribution >= 0.6 is 15.9 Å². The van der Waals surface area contributed by atoms with Gasteiger partial charge in [-0.1, -0.05) is 48.5 Å². The highest BCUT2D eigenvalue weighted by atomic mass is 79.9. The van der Waals surface area contributed by atoms with E-state index < -0.39 is 0 Å². The number of nitrogens with one attached hydrogen (secondary N) is 2. The molecule has 0 fully saturated rings. The van der Waals surface area contributed by atoms with Gasteiger partial charge in [-0.2, -0.15) is 5.10 Å². The topological polar surface area (TPSA) is 54.2 Å². The van der Waals surface area contributed by atoms with Gasteiger partial charge in [-0.3, -0.25) is 4.99 Å². The second-order valence-corrected chi connectivity index (χ2v) is 6.20. The molecule has 4 rings (SSSR count). The van der Waals surface area contributed by atoms with Gasteiger partial charge in [0, 0.05) is 12.1 Å². The monoisotopic (exact) mass is 381 g/mol. The molecule has 0 saturated heterocycles. The number of benzene rings is 2. The van der Waals surface area contributed by atoms with E-state index in [1.165, 1.54) is 0 Å². The Labute approximate surface area is 148 Å². The summed E-state index contributed by atoms with van der Waals surface area (Å²) in [5.41, 5.74) is 2.94. The van der Waals surface area contributed by atoms with Crippen molar-refractivity contribution in [1.82, 2.24) is 15.1 Å². The van der Waals surface area contributed by atoms with Crippen molar-refractivity contribution in [1.29, 1.82) is 0 Å². The van der Waals surface area contributed by atoms with Gasteiger partial charge in [0.2, 0.25) is 0 Å². The zero-order chi connectivity index (χ0) is 16.4. The van der Waals surface area contributed by atoms with Crippen LogP contribution in [0.25, 0.3) is 16.9 Å². The van der Waals surface area contributed by atoms with E-state index in [-0.39, 0.29) is 0 Å². The first-order valence-electron chi connectivity index (χ1n) is 7.77. The normalized spacial score (nSPS) is 13.5. The van der Waals surface area contributed by atoms with E-state index in [9.17, 15) is 0 Å². The van der Waals surface area contributed by atoms with Gasteiger partial charge < -0.3 is 10.6 Å². The first-order valence-corrected chi connectivity index (χ1v) is 8.57. The molecule has 0 saturated carbocycles. The zero-order valence-electron chi connectivity index (χ0n) is 12.9. The zero-order valence-corrected chi connectivity index (χ0v) is 14.5. The Morgan fingerprint density at radius 3 is 2.38 bits per heavy atom. The summed E-state index contributed by atoms with van der Waals surface area (Å²) >= 11 is 3.71. The van der Waals surface area contributed by atoms with Crippen LogP contribution in [0.2, 0.25) is 0 Å². The van der Waals surface area contributed by atoms with E-state index >= 15 is 0 Å². The number of halogens is 1. The Bertz CT molecular complexity index is 871. The third kappa shape index (κ3) is 2.80. The van der Waals surface area contributed by atoms with Gasteiger partial charge in [-0.05, 0) is 28.1 Å². The maximum atomic E-state index is 4.82. The fourth-order valence-corrected chi connectivity index (χ4v) is 3.21. The Morgan fingerprint density at radius 1 is 1.00 bits per heavy atom. The van der Waals surface area contributed by atoms with Gasteiger partial charge >= 0.3 is 0 Å². The number of aromatic nitrogens is 2. The quantitative estimate of drug-likeness (QED) is 0.727. The molecule has 1 aromatic heterocycles. The number of rotatable bonds is 3. The summed E-state index contributed by atoms with van der Waals surface area (Å²) in [6.45, 7) is 1.63. The SMILES string of the molecule is Brc1c(-c2ccccc2)nn(-c2ccccc2)c1NC1=NCCN1. The summed E-state index contributed by atoms with van der Waals surface area (Å²) in [5.74, 6) is 1.63. The second-order valence-electron chi connectivity index (χ2n) is 5.41. The van der Waals surface area contributed by atoms with Crippen molar-refractivity contribution >= 4 is 27.7 Å². The minimum absolute atomic E-state index is 0.771. The van der Waals surface area contributed by atoms with Gasteiger partial charge in [0.05, 0.1) is 16.7 Å². The van der Waals surface area contributed by atoms with Crippen molar-refractivity contribution in [3.8, 4) is 16.9 Å². The number of anilines is 1. The van der Waals surface area contributed by atoms with Crippen LogP contribution < -0.4 is 10.6 Å². The molecular weight excluding hydrogens is 366 g/mol. The smallest absolute Gasteiger partial charge is 0.197 e. The number of para-hydroxylation sites is 1. The fraction of sp³-hybridized carbons (Fsp3) is 0.111. The molecule has 0 aliphatic carbocycles. The van der Waals surface area contributed by atoms with Gasteiger partial charge in [0.25, 0.3) is 0 Å². The number of guanidine groups is 1.